The monoisotopic (exact) mass is 428 g/mol. The summed E-state index contributed by atoms with van der Waals surface area (Å²) in [6.07, 6.45) is 18.5. The Hall–Kier alpha value is -0.790. The van der Waals surface area contributed by atoms with Crippen molar-refractivity contribution in [1.82, 2.24) is 0 Å². The number of ether oxygens (including phenoxy) is 1. The van der Waals surface area contributed by atoms with E-state index in [0.29, 0.717) is 22.7 Å². The number of carbonyl (C=O) groups is 1. The van der Waals surface area contributed by atoms with Gasteiger partial charge in [0.05, 0.1) is 0 Å². The highest BCUT2D eigenvalue weighted by Crippen LogP contribution is 2.68. The first-order valence-electron chi connectivity index (χ1n) is 13.5. The van der Waals surface area contributed by atoms with Crippen molar-refractivity contribution in [2.24, 2.45) is 52.3 Å². The first-order chi connectivity index (χ1) is 14.7. The van der Waals surface area contributed by atoms with E-state index in [-0.39, 0.29) is 12.1 Å². The van der Waals surface area contributed by atoms with Crippen LogP contribution in [0, 0.1) is 52.3 Å². The predicted octanol–water partition coefficient (Wildman–Crippen LogP) is 7.82. The third-order valence-electron chi connectivity index (χ3n) is 11.0. The van der Waals surface area contributed by atoms with Gasteiger partial charge in [-0.15, -0.1) is 0 Å². The second kappa shape index (κ2) is 8.86. The van der Waals surface area contributed by atoms with Crippen molar-refractivity contribution < 1.29 is 9.53 Å². The molecule has 0 saturated heterocycles. The maximum atomic E-state index is 11.5. The van der Waals surface area contributed by atoms with Gasteiger partial charge in [0.25, 0.3) is 0 Å². The average molecular weight is 429 g/mol. The molecule has 0 radical (unpaired) electrons. The Labute approximate surface area is 192 Å². The second-order valence-electron chi connectivity index (χ2n) is 12.5. The molecule has 0 heterocycles. The van der Waals surface area contributed by atoms with E-state index < -0.39 is 0 Å². The van der Waals surface area contributed by atoms with Gasteiger partial charge in [-0.05, 0) is 110 Å². The molecule has 176 valence electrons. The summed E-state index contributed by atoms with van der Waals surface area (Å²) in [6, 6.07) is 0. The second-order valence-corrected chi connectivity index (χ2v) is 12.5. The van der Waals surface area contributed by atoms with Crippen LogP contribution >= 0.6 is 0 Å². The van der Waals surface area contributed by atoms with Crippen molar-refractivity contribution in [1.29, 1.82) is 0 Å². The molecule has 31 heavy (non-hydrogen) atoms. The lowest BCUT2D eigenvalue weighted by molar-refractivity contribution is -0.160. The molecule has 4 aliphatic carbocycles. The zero-order valence-corrected chi connectivity index (χ0v) is 21.2. The summed E-state index contributed by atoms with van der Waals surface area (Å²) in [5, 5.41) is 0. The highest BCUT2D eigenvalue weighted by atomic mass is 16.5. The van der Waals surface area contributed by atoms with Crippen molar-refractivity contribution >= 4 is 5.97 Å². The highest BCUT2D eigenvalue weighted by molar-refractivity contribution is 5.66. The van der Waals surface area contributed by atoms with E-state index in [4.69, 9.17) is 4.74 Å². The summed E-state index contributed by atoms with van der Waals surface area (Å²) in [5.74, 6) is 5.71. The summed E-state index contributed by atoms with van der Waals surface area (Å²) in [7, 11) is 0. The lowest BCUT2D eigenvalue weighted by Gasteiger charge is -2.61. The highest BCUT2D eigenvalue weighted by Gasteiger charge is 2.60. The molecule has 4 aliphatic rings. The molecule has 0 amide bonds. The molecule has 4 saturated carbocycles. The molecular weight excluding hydrogens is 380 g/mol. The molecule has 10 atom stereocenters. The van der Waals surface area contributed by atoms with Crippen molar-refractivity contribution in [3.8, 4) is 0 Å². The van der Waals surface area contributed by atoms with Gasteiger partial charge in [-0.1, -0.05) is 53.2 Å². The van der Waals surface area contributed by atoms with Gasteiger partial charge in [-0.3, -0.25) is 4.79 Å². The van der Waals surface area contributed by atoms with Gasteiger partial charge in [-0.25, -0.2) is 0 Å². The van der Waals surface area contributed by atoms with Gasteiger partial charge in [0.15, 0.2) is 0 Å². The van der Waals surface area contributed by atoms with E-state index in [0.717, 1.165) is 42.4 Å². The van der Waals surface area contributed by atoms with Crippen LogP contribution in [0.15, 0.2) is 12.2 Å². The van der Waals surface area contributed by atoms with Crippen LogP contribution in [0.1, 0.15) is 106 Å². The van der Waals surface area contributed by atoms with Crippen molar-refractivity contribution in [2.75, 3.05) is 0 Å². The van der Waals surface area contributed by atoms with Crippen molar-refractivity contribution in [2.45, 2.75) is 112 Å². The normalized spacial score (nSPS) is 46.6. The lowest BCUT2D eigenvalue weighted by atomic mass is 9.44. The average Bonchev–Trinajstić information content (AvgIpc) is 3.09. The molecule has 0 aromatic heterocycles. The number of fused-ring (bicyclic) bond motifs is 5. The number of hydrogen-bond acceptors (Lipinski definition) is 2. The summed E-state index contributed by atoms with van der Waals surface area (Å²) >= 11 is 0. The van der Waals surface area contributed by atoms with Crippen LogP contribution < -0.4 is 0 Å². The SMILES string of the molecule is CCC(C)C=CC(C)C1CCC2C3CCC4CC(OC(C)=O)CCC4(C)C3CCC12C. The van der Waals surface area contributed by atoms with Crippen molar-refractivity contribution in [3.05, 3.63) is 12.2 Å². The first kappa shape index (κ1) is 23.4. The fourth-order valence-corrected chi connectivity index (χ4v) is 9.10. The number of esters is 1. The maximum Gasteiger partial charge on any atom is 0.302 e. The Bertz CT molecular complexity index is 682. The topological polar surface area (TPSA) is 26.3 Å². The van der Waals surface area contributed by atoms with Gasteiger partial charge in [0, 0.05) is 6.92 Å². The molecule has 10 unspecified atom stereocenters. The van der Waals surface area contributed by atoms with Crippen molar-refractivity contribution in [3.63, 3.8) is 0 Å². The van der Waals surface area contributed by atoms with E-state index >= 15 is 0 Å². The van der Waals surface area contributed by atoms with Crippen LogP contribution in [0.2, 0.25) is 0 Å². The minimum atomic E-state index is -0.0933. The Morgan fingerprint density at radius 2 is 1.68 bits per heavy atom. The number of hydrogen-bond donors (Lipinski definition) is 0. The smallest absolute Gasteiger partial charge is 0.302 e. The van der Waals surface area contributed by atoms with Crippen LogP contribution in [0.4, 0.5) is 0 Å². The fourth-order valence-electron chi connectivity index (χ4n) is 9.10. The van der Waals surface area contributed by atoms with Gasteiger partial charge in [-0.2, -0.15) is 0 Å². The molecule has 0 aromatic rings. The van der Waals surface area contributed by atoms with Crippen LogP contribution in [-0.4, -0.2) is 12.1 Å². The molecule has 0 spiro atoms. The Morgan fingerprint density at radius 3 is 2.39 bits per heavy atom. The first-order valence-corrected chi connectivity index (χ1v) is 13.5. The predicted molar refractivity (Wildman–Crippen MR) is 129 cm³/mol. The van der Waals surface area contributed by atoms with Gasteiger partial charge in [0.2, 0.25) is 0 Å². The van der Waals surface area contributed by atoms with E-state index in [1.165, 1.54) is 51.4 Å². The van der Waals surface area contributed by atoms with Gasteiger partial charge >= 0.3 is 5.97 Å². The van der Waals surface area contributed by atoms with Crippen LogP contribution in [0.25, 0.3) is 0 Å². The molecule has 2 heteroatoms. The maximum absolute atomic E-state index is 11.5. The Balaban J connectivity index is 1.47. The summed E-state index contributed by atoms with van der Waals surface area (Å²) in [6.45, 7) is 14.0. The van der Waals surface area contributed by atoms with Crippen LogP contribution in [-0.2, 0) is 9.53 Å². The molecule has 2 nitrogen and oxygen atoms in total. The van der Waals surface area contributed by atoms with E-state index in [9.17, 15) is 4.79 Å². The summed E-state index contributed by atoms with van der Waals surface area (Å²) < 4.78 is 5.65. The van der Waals surface area contributed by atoms with E-state index in [1.54, 1.807) is 6.92 Å². The largest absolute Gasteiger partial charge is 0.463 e. The zero-order chi connectivity index (χ0) is 22.4. The molecule has 0 aliphatic heterocycles. The van der Waals surface area contributed by atoms with Crippen LogP contribution in [0.5, 0.6) is 0 Å². The summed E-state index contributed by atoms with van der Waals surface area (Å²) in [5.41, 5.74) is 1.01. The third kappa shape index (κ3) is 4.15. The molecular formula is C29H48O2. The molecule has 4 rings (SSSR count). The molecule has 0 N–H and O–H groups in total. The van der Waals surface area contributed by atoms with Gasteiger partial charge in [0.1, 0.15) is 6.10 Å². The van der Waals surface area contributed by atoms with Crippen LogP contribution in [0.3, 0.4) is 0 Å². The van der Waals surface area contributed by atoms with E-state index in [2.05, 4.69) is 46.8 Å². The number of rotatable bonds is 5. The Morgan fingerprint density at radius 1 is 0.968 bits per heavy atom. The lowest BCUT2D eigenvalue weighted by Crippen LogP contribution is -2.54. The fraction of sp³-hybridized carbons (Fsp3) is 0.897. The zero-order valence-electron chi connectivity index (χ0n) is 21.2. The number of carbonyl (C=O) groups excluding carboxylic acids is 1. The minimum Gasteiger partial charge on any atom is -0.463 e. The summed E-state index contributed by atoms with van der Waals surface area (Å²) in [4.78, 5) is 11.5. The molecule has 4 fully saturated rings. The minimum absolute atomic E-state index is 0.0933. The third-order valence-corrected chi connectivity index (χ3v) is 11.0. The Kier molecular flexibility index (Phi) is 6.68. The molecule has 0 aromatic carbocycles. The van der Waals surface area contributed by atoms with Gasteiger partial charge < -0.3 is 4.74 Å². The molecule has 0 bridgehead atoms. The number of allylic oxidation sites excluding steroid dienone is 2. The standard InChI is InChI=1S/C29H48O2/c1-7-19(2)8-9-20(3)25-12-13-26-24-11-10-22-18-23(31-21(4)30)14-16-28(22,5)27(24)15-17-29(25,26)6/h8-9,19-20,22-27H,7,10-18H2,1-6H3. The van der Waals surface area contributed by atoms with E-state index in [1.807, 2.05) is 0 Å². The quantitative estimate of drug-likeness (QED) is 0.329.